The standard InChI is InChI=1S/C30H23F2N5O4S/c1-33-30(38)27-23-14-22(19-8-13-26-34-35-29(37(26)16-19)18-6-11-21(32)12-7-18)24(36(2)42(3,39)40)15-25(23)41-28(27)17-4-9-20(31)10-5-17/h4-16H,1-3H3,(H,33,38). The van der Waals surface area contributed by atoms with E-state index in [-0.39, 0.29) is 22.7 Å². The van der Waals surface area contributed by atoms with Crippen LogP contribution in [0.3, 0.4) is 0 Å². The van der Waals surface area contributed by atoms with Crippen LogP contribution in [0.25, 0.3) is 50.5 Å². The zero-order valence-electron chi connectivity index (χ0n) is 22.6. The first kappa shape index (κ1) is 27.1. The Bertz CT molecular complexity index is 2100. The van der Waals surface area contributed by atoms with Gasteiger partial charge >= 0.3 is 0 Å². The number of pyridine rings is 1. The van der Waals surface area contributed by atoms with Crippen LogP contribution in [0.2, 0.25) is 0 Å². The summed E-state index contributed by atoms with van der Waals surface area (Å²) in [7, 11) is -0.813. The van der Waals surface area contributed by atoms with Crippen molar-refractivity contribution in [1.82, 2.24) is 19.9 Å². The van der Waals surface area contributed by atoms with Crippen LogP contribution >= 0.6 is 0 Å². The predicted octanol–water partition coefficient (Wildman–Crippen LogP) is 5.51. The third-order valence-corrected chi connectivity index (χ3v) is 8.21. The van der Waals surface area contributed by atoms with E-state index >= 15 is 0 Å². The molecule has 0 aliphatic heterocycles. The molecule has 0 saturated carbocycles. The number of aromatic nitrogens is 3. The number of amides is 1. The van der Waals surface area contributed by atoms with Crippen molar-refractivity contribution in [3.8, 4) is 33.8 Å². The fourth-order valence-electron chi connectivity index (χ4n) is 4.80. The number of fused-ring (bicyclic) bond motifs is 2. The summed E-state index contributed by atoms with van der Waals surface area (Å²) in [6.45, 7) is 0. The van der Waals surface area contributed by atoms with Crippen molar-refractivity contribution in [2.45, 2.75) is 0 Å². The molecule has 9 nitrogen and oxygen atoms in total. The smallest absolute Gasteiger partial charge is 0.255 e. The van der Waals surface area contributed by atoms with Crippen molar-refractivity contribution in [3.63, 3.8) is 0 Å². The summed E-state index contributed by atoms with van der Waals surface area (Å²) in [5.41, 5.74) is 3.46. The van der Waals surface area contributed by atoms with E-state index in [0.717, 1.165) is 10.6 Å². The van der Waals surface area contributed by atoms with E-state index in [1.165, 1.54) is 50.5 Å². The highest BCUT2D eigenvalue weighted by atomic mass is 32.2. The van der Waals surface area contributed by atoms with Gasteiger partial charge in [-0.25, -0.2) is 17.2 Å². The number of benzene rings is 3. The Morgan fingerprint density at radius 3 is 2.14 bits per heavy atom. The number of halogens is 2. The monoisotopic (exact) mass is 587 g/mol. The van der Waals surface area contributed by atoms with Crippen LogP contribution in [0.5, 0.6) is 0 Å². The third kappa shape index (κ3) is 4.65. The number of furan rings is 1. The lowest BCUT2D eigenvalue weighted by molar-refractivity contribution is 0.0964. The maximum Gasteiger partial charge on any atom is 0.255 e. The molecule has 12 heteroatoms. The molecule has 1 amide bonds. The van der Waals surface area contributed by atoms with E-state index in [1.807, 2.05) is 0 Å². The van der Waals surface area contributed by atoms with Gasteiger partial charge in [0.25, 0.3) is 5.91 Å². The molecule has 212 valence electrons. The van der Waals surface area contributed by atoms with Gasteiger partial charge in [-0.3, -0.25) is 13.5 Å². The number of rotatable bonds is 6. The number of carbonyl (C=O) groups is 1. The highest BCUT2D eigenvalue weighted by Crippen LogP contribution is 2.41. The zero-order valence-corrected chi connectivity index (χ0v) is 23.4. The first-order valence-corrected chi connectivity index (χ1v) is 14.5. The summed E-state index contributed by atoms with van der Waals surface area (Å²) < 4.78 is 61.6. The van der Waals surface area contributed by atoms with Crippen molar-refractivity contribution in [2.24, 2.45) is 0 Å². The lowest BCUT2D eigenvalue weighted by Gasteiger charge is -2.21. The van der Waals surface area contributed by atoms with Crippen molar-refractivity contribution in [1.29, 1.82) is 0 Å². The van der Waals surface area contributed by atoms with E-state index < -0.39 is 21.7 Å². The van der Waals surface area contributed by atoms with Crippen molar-refractivity contribution in [2.75, 3.05) is 24.7 Å². The first-order valence-electron chi connectivity index (χ1n) is 12.7. The quantitative estimate of drug-likeness (QED) is 0.275. The minimum atomic E-state index is -3.72. The minimum Gasteiger partial charge on any atom is -0.455 e. The Kier molecular flexibility index (Phi) is 6.49. The van der Waals surface area contributed by atoms with Gasteiger partial charge in [-0.2, -0.15) is 0 Å². The van der Waals surface area contributed by atoms with Gasteiger partial charge in [-0.1, -0.05) is 0 Å². The number of sulfonamides is 1. The molecule has 0 atom stereocenters. The SMILES string of the molecule is CNC(=O)c1c(-c2ccc(F)cc2)oc2cc(N(C)S(C)(=O)=O)c(-c3ccc4nnc(-c5ccc(F)cc5)n4c3)cc12. The number of carbonyl (C=O) groups excluding carboxylic acids is 1. The fraction of sp³-hybridized carbons (Fsp3) is 0.100. The predicted molar refractivity (Wildman–Crippen MR) is 156 cm³/mol. The molecular weight excluding hydrogens is 564 g/mol. The molecule has 3 heterocycles. The van der Waals surface area contributed by atoms with Gasteiger partial charge in [0, 0.05) is 54.0 Å². The molecule has 6 rings (SSSR count). The van der Waals surface area contributed by atoms with Crippen molar-refractivity contribution < 1.29 is 26.4 Å². The molecule has 0 saturated heterocycles. The molecular formula is C30H23F2N5O4S. The van der Waals surface area contributed by atoms with Crippen LogP contribution in [-0.4, -0.2) is 49.3 Å². The molecule has 3 aromatic carbocycles. The lowest BCUT2D eigenvalue weighted by atomic mass is 9.99. The van der Waals surface area contributed by atoms with Gasteiger partial charge in [0.05, 0.1) is 17.5 Å². The number of hydrogen-bond donors (Lipinski definition) is 1. The normalized spacial score (nSPS) is 11.7. The average Bonchev–Trinajstić information content (AvgIpc) is 3.57. The first-order chi connectivity index (χ1) is 20.0. The van der Waals surface area contributed by atoms with Crippen LogP contribution in [0.4, 0.5) is 14.5 Å². The molecule has 42 heavy (non-hydrogen) atoms. The van der Waals surface area contributed by atoms with E-state index in [2.05, 4.69) is 15.5 Å². The Hall–Kier alpha value is -5.10. The second kappa shape index (κ2) is 10.1. The van der Waals surface area contributed by atoms with Crippen molar-refractivity contribution >= 4 is 38.2 Å². The summed E-state index contributed by atoms with van der Waals surface area (Å²) in [5.74, 6) is -0.598. The maximum absolute atomic E-state index is 13.7. The summed E-state index contributed by atoms with van der Waals surface area (Å²) >= 11 is 0. The van der Waals surface area contributed by atoms with Gasteiger partial charge in [0.2, 0.25) is 10.0 Å². The maximum atomic E-state index is 13.7. The Balaban J connectivity index is 1.63. The van der Waals surface area contributed by atoms with E-state index in [4.69, 9.17) is 4.42 Å². The fourth-order valence-corrected chi connectivity index (χ4v) is 5.31. The summed E-state index contributed by atoms with van der Waals surface area (Å²) in [4.78, 5) is 13.1. The van der Waals surface area contributed by atoms with Crippen LogP contribution in [0.1, 0.15) is 10.4 Å². The van der Waals surface area contributed by atoms with Crippen LogP contribution in [0, 0.1) is 11.6 Å². The molecule has 0 aliphatic rings. The van der Waals surface area contributed by atoms with Gasteiger partial charge < -0.3 is 9.73 Å². The topological polar surface area (TPSA) is 110 Å². The second-order valence-electron chi connectivity index (χ2n) is 9.66. The molecule has 0 bridgehead atoms. The van der Waals surface area contributed by atoms with Crippen molar-refractivity contribution in [3.05, 3.63) is 96.2 Å². The third-order valence-electron chi connectivity index (χ3n) is 7.02. The molecule has 0 unspecified atom stereocenters. The summed E-state index contributed by atoms with van der Waals surface area (Å²) in [5, 5.41) is 11.5. The van der Waals surface area contributed by atoms with Crippen LogP contribution in [-0.2, 0) is 10.0 Å². The number of anilines is 1. The minimum absolute atomic E-state index is 0.210. The Morgan fingerprint density at radius 1 is 0.905 bits per heavy atom. The average molecular weight is 588 g/mol. The summed E-state index contributed by atoms with van der Waals surface area (Å²) in [6.07, 6.45) is 2.83. The zero-order chi connectivity index (χ0) is 29.8. The van der Waals surface area contributed by atoms with Gasteiger partial charge in [-0.05, 0) is 66.7 Å². The molecule has 1 N–H and O–H groups in total. The molecule has 3 aromatic heterocycles. The molecule has 0 aliphatic carbocycles. The molecule has 0 radical (unpaired) electrons. The Labute approximate surface area is 239 Å². The van der Waals surface area contributed by atoms with E-state index in [9.17, 15) is 22.0 Å². The lowest BCUT2D eigenvalue weighted by Crippen LogP contribution is -2.25. The molecule has 0 spiro atoms. The van der Waals surface area contributed by atoms with Crippen LogP contribution in [0.15, 0.2) is 83.4 Å². The Morgan fingerprint density at radius 2 is 1.52 bits per heavy atom. The van der Waals surface area contributed by atoms with Gasteiger partial charge in [-0.15, -0.1) is 10.2 Å². The highest BCUT2D eigenvalue weighted by Gasteiger charge is 2.26. The molecule has 6 aromatic rings. The second-order valence-corrected chi connectivity index (χ2v) is 11.7. The number of hydrogen-bond acceptors (Lipinski definition) is 6. The summed E-state index contributed by atoms with van der Waals surface area (Å²) in [6, 6.07) is 18.1. The van der Waals surface area contributed by atoms with Gasteiger partial charge in [0.15, 0.2) is 11.5 Å². The number of nitrogens with zero attached hydrogens (tertiary/aromatic N) is 4. The number of nitrogens with one attached hydrogen (secondary N) is 1. The largest absolute Gasteiger partial charge is 0.455 e. The molecule has 0 fully saturated rings. The van der Waals surface area contributed by atoms with Gasteiger partial charge in [0.1, 0.15) is 23.0 Å². The van der Waals surface area contributed by atoms with E-state index in [0.29, 0.717) is 44.8 Å². The van der Waals surface area contributed by atoms with E-state index in [1.54, 1.807) is 47.0 Å². The van der Waals surface area contributed by atoms with Crippen LogP contribution < -0.4 is 9.62 Å². The highest BCUT2D eigenvalue weighted by molar-refractivity contribution is 7.92.